The van der Waals surface area contributed by atoms with Crippen molar-refractivity contribution in [3.05, 3.63) is 41.6 Å². The van der Waals surface area contributed by atoms with E-state index < -0.39 is 0 Å². The fourth-order valence-corrected chi connectivity index (χ4v) is 1.33. The first-order valence-electron chi connectivity index (χ1n) is 3.84. The Hall–Kier alpha value is -1.48. The second kappa shape index (κ2) is 3.11. The Bertz CT molecular complexity index is 408. The second-order valence-corrected chi connectivity index (χ2v) is 3.03. The van der Waals surface area contributed by atoms with Crippen LogP contribution in [0.2, 0.25) is 5.15 Å². The Labute approximate surface area is 80.7 Å². The van der Waals surface area contributed by atoms with E-state index in [9.17, 15) is 0 Å². The summed E-state index contributed by atoms with van der Waals surface area (Å²) in [5, 5.41) is 4.44. The van der Waals surface area contributed by atoms with E-state index in [1.807, 2.05) is 30.3 Å². The molecule has 0 radical (unpaired) electrons. The smallest absolute Gasteiger partial charge is 0.153 e. The van der Waals surface area contributed by atoms with Gasteiger partial charge >= 0.3 is 0 Å². The summed E-state index contributed by atoms with van der Waals surface area (Å²) in [6.45, 7) is 0. The van der Waals surface area contributed by atoms with E-state index in [0.29, 0.717) is 11.0 Å². The van der Waals surface area contributed by atoms with Crippen LogP contribution in [-0.4, -0.2) is 9.78 Å². The lowest BCUT2D eigenvalue weighted by Crippen LogP contribution is -2.00. The molecule has 1 heterocycles. The third-order valence-electron chi connectivity index (χ3n) is 1.71. The summed E-state index contributed by atoms with van der Waals surface area (Å²) in [5.41, 5.74) is 6.60. The molecule has 0 fully saturated rings. The van der Waals surface area contributed by atoms with E-state index in [1.54, 1.807) is 10.7 Å². The van der Waals surface area contributed by atoms with Gasteiger partial charge in [0.15, 0.2) is 5.15 Å². The van der Waals surface area contributed by atoms with Crippen LogP contribution < -0.4 is 5.73 Å². The van der Waals surface area contributed by atoms with Crippen molar-refractivity contribution in [2.24, 2.45) is 0 Å². The molecule has 2 N–H and O–H groups in total. The monoisotopic (exact) mass is 193 g/mol. The Kier molecular flexibility index (Phi) is 1.94. The van der Waals surface area contributed by atoms with Crippen molar-refractivity contribution in [3.63, 3.8) is 0 Å². The molecule has 2 aromatic rings. The molecule has 0 spiro atoms. The van der Waals surface area contributed by atoms with Crippen LogP contribution in [0, 0.1) is 0 Å². The first-order valence-corrected chi connectivity index (χ1v) is 4.21. The maximum absolute atomic E-state index is 5.70. The molecule has 1 aromatic heterocycles. The van der Waals surface area contributed by atoms with Crippen molar-refractivity contribution in [1.82, 2.24) is 9.78 Å². The molecule has 1 aromatic carbocycles. The van der Waals surface area contributed by atoms with E-state index in [1.165, 1.54) is 0 Å². The minimum Gasteiger partial charge on any atom is -0.384 e. The highest BCUT2D eigenvalue weighted by atomic mass is 35.5. The van der Waals surface area contributed by atoms with Gasteiger partial charge in [-0.2, -0.15) is 5.10 Å². The van der Waals surface area contributed by atoms with Crippen LogP contribution in [0.1, 0.15) is 0 Å². The molecule has 0 bridgehead atoms. The normalized spacial score (nSPS) is 10.2. The van der Waals surface area contributed by atoms with Crippen molar-refractivity contribution in [2.75, 3.05) is 5.73 Å². The molecular formula is C9H8ClN3. The maximum atomic E-state index is 5.70. The van der Waals surface area contributed by atoms with E-state index in [4.69, 9.17) is 17.3 Å². The fraction of sp³-hybridized carbons (Fsp3) is 0. The van der Waals surface area contributed by atoms with E-state index in [-0.39, 0.29) is 0 Å². The molecule has 0 unspecified atom stereocenters. The van der Waals surface area contributed by atoms with Gasteiger partial charge in [0.05, 0.1) is 5.69 Å². The Balaban J connectivity index is 2.53. The van der Waals surface area contributed by atoms with E-state index >= 15 is 0 Å². The average Bonchev–Trinajstić information content (AvgIpc) is 2.47. The summed E-state index contributed by atoms with van der Waals surface area (Å²) in [4.78, 5) is 0. The van der Waals surface area contributed by atoms with Crippen LogP contribution in [0.15, 0.2) is 36.4 Å². The number of aromatic nitrogens is 2. The topological polar surface area (TPSA) is 43.8 Å². The molecular weight excluding hydrogens is 186 g/mol. The summed E-state index contributed by atoms with van der Waals surface area (Å²) in [5.74, 6) is 0.538. The van der Waals surface area contributed by atoms with Gasteiger partial charge in [-0.1, -0.05) is 29.8 Å². The number of nitrogens with two attached hydrogens (primary N) is 1. The van der Waals surface area contributed by atoms with Crippen LogP contribution in [0.5, 0.6) is 0 Å². The summed E-state index contributed by atoms with van der Waals surface area (Å²) < 4.78 is 1.60. The van der Waals surface area contributed by atoms with Crippen LogP contribution in [0.4, 0.5) is 5.82 Å². The van der Waals surface area contributed by atoms with Gasteiger partial charge in [-0.3, -0.25) is 0 Å². The number of para-hydroxylation sites is 1. The first-order chi connectivity index (χ1) is 6.27. The molecule has 0 aliphatic rings. The molecule has 0 aliphatic carbocycles. The SMILES string of the molecule is Nc1cc(Cl)nn1-c1ccccc1. The number of hydrogen-bond acceptors (Lipinski definition) is 2. The van der Waals surface area contributed by atoms with Crippen LogP contribution in [0.25, 0.3) is 5.69 Å². The lowest BCUT2D eigenvalue weighted by atomic mass is 10.3. The van der Waals surface area contributed by atoms with Crippen LogP contribution >= 0.6 is 11.6 Å². The molecule has 3 nitrogen and oxygen atoms in total. The molecule has 0 amide bonds. The van der Waals surface area contributed by atoms with Gasteiger partial charge in [-0.05, 0) is 12.1 Å². The van der Waals surface area contributed by atoms with E-state index in [0.717, 1.165) is 5.69 Å². The van der Waals surface area contributed by atoms with Crippen molar-refractivity contribution < 1.29 is 0 Å². The molecule has 2 rings (SSSR count). The highest BCUT2D eigenvalue weighted by molar-refractivity contribution is 6.29. The second-order valence-electron chi connectivity index (χ2n) is 2.64. The Morgan fingerprint density at radius 3 is 2.46 bits per heavy atom. The Morgan fingerprint density at radius 1 is 1.23 bits per heavy atom. The molecule has 0 atom stereocenters. The number of halogens is 1. The first kappa shape index (κ1) is 8.13. The Morgan fingerprint density at radius 2 is 1.92 bits per heavy atom. The average molecular weight is 194 g/mol. The highest BCUT2D eigenvalue weighted by Gasteiger charge is 2.03. The minimum absolute atomic E-state index is 0.404. The predicted molar refractivity (Wildman–Crippen MR) is 53.0 cm³/mol. The standard InChI is InChI=1S/C9H8ClN3/c10-8-6-9(11)13(12-8)7-4-2-1-3-5-7/h1-6H,11H2. The lowest BCUT2D eigenvalue weighted by molar-refractivity contribution is 0.892. The third-order valence-corrected chi connectivity index (χ3v) is 1.89. The summed E-state index contributed by atoms with van der Waals surface area (Å²) in [6.07, 6.45) is 0. The summed E-state index contributed by atoms with van der Waals surface area (Å²) in [6, 6.07) is 11.2. The zero-order valence-electron chi connectivity index (χ0n) is 6.81. The fourth-order valence-electron chi connectivity index (χ4n) is 1.14. The van der Waals surface area contributed by atoms with Crippen molar-refractivity contribution in [2.45, 2.75) is 0 Å². The van der Waals surface area contributed by atoms with Crippen LogP contribution in [0.3, 0.4) is 0 Å². The zero-order chi connectivity index (χ0) is 9.26. The molecule has 0 saturated heterocycles. The number of rotatable bonds is 1. The molecule has 0 saturated carbocycles. The molecule has 0 aliphatic heterocycles. The molecule has 4 heteroatoms. The number of nitrogen functional groups attached to an aromatic ring is 1. The van der Waals surface area contributed by atoms with Gasteiger partial charge in [0.25, 0.3) is 0 Å². The summed E-state index contributed by atoms with van der Waals surface area (Å²) in [7, 11) is 0. The van der Waals surface area contributed by atoms with Gasteiger partial charge < -0.3 is 5.73 Å². The van der Waals surface area contributed by atoms with Crippen molar-refractivity contribution in [1.29, 1.82) is 0 Å². The van der Waals surface area contributed by atoms with Crippen LogP contribution in [-0.2, 0) is 0 Å². The quantitative estimate of drug-likeness (QED) is 0.754. The zero-order valence-corrected chi connectivity index (χ0v) is 7.57. The molecule has 13 heavy (non-hydrogen) atoms. The van der Waals surface area contributed by atoms with Gasteiger partial charge in [0.2, 0.25) is 0 Å². The number of anilines is 1. The molecule has 66 valence electrons. The van der Waals surface area contributed by atoms with Crippen molar-refractivity contribution >= 4 is 17.4 Å². The van der Waals surface area contributed by atoms with E-state index in [2.05, 4.69) is 5.10 Å². The van der Waals surface area contributed by atoms with Gasteiger partial charge in [-0.15, -0.1) is 0 Å². The summed E-state index contributed by atoms with van der Waals surface area (Å²) >= 11 is 5.70. The minimum atomic E-state index is 0.404. The number of hydrogen-bond donors (Lipinski definition) is 1. The highest BCUT2D eigenvalue weighted by Crippen LogP contribution is 2.16. The maximum Gasteiger partial charge on any atom is 0.153 e. The number of nitrogens with zero attached hydrogens (tertiary/aromatic N) is 2. The predicted octanol–water partition coefficient (Wildman–Crippen LogP) is 2.11. The third kappa shape index (κ3) is 1.51. The van der Waals surface area contributed by atoms with Crippen molar-refractivity contribution in [3.8, 4) is 5.69 Å². The largest absolute Gasteiger partial charge is 0.384 e. The van der Waals surface area contributed by atoms with Gasteiger partial charge in [0, 0.05) is 6.07 Å². The van der Waals surface area contributed by atoms with Gasteiger partial charge in [-0.25, -0.2) is 4.68 Å². The number of benzene rings is 1. The lowest BCUT2D eigenvalue weighted by Gasteiger charge is -2.01. The van der Waals surface area contributed by atoms with Gasteiger partial charge in [0.1, 0.15) is 5.82 Å².